The third kappa shape index (κ3) is 6.17. The average Bonchev–Trinajstić information content (AvgIpc) is 3.56. The highest BCUT2D eigenvalue weighted by Gasteiger charge is 2.69. The number of ether oxygens (including phenoxy) is 7. The summed E-state index contributed by atoms with van der Waals surface area (Å²) in [6, 6.07) is 0. The van der Waals surface area contributed by atoms with E-state index in [1.165, 1.54) is 12.5 Å². The molecule has 3 saturated carbocycles. The van der Waals surface area contributed by atoms with Gasteiger partial charge in [0.05, 0.1) is 37.1 Å². The number of hydrogen-bond donors (Lipinski definition) is 5. The van der Waals surface area contributed by atoms with Gasteiger partial charge in [-0.2, -0.15) is 0 Å². The molecule has 22 atom stereocenters. The average molecular weight is 765 g/mol. The van der Waals surface area contributed by atoms with E-state index in [2.05, 4.69) is 33.8 Å². The highest BCUT2D eigenvalue weighted by Crippen LogP contribution is 2.71. The summed E-state index contributed by atoms with van der Waals surface area (Å²) in [5, 5.41) is 55.4. The molecule has 0 aromatic heterocycles. The van der Waals surface area contributed by atoms with Crippen LogP contribution >= 0.6 is 0 Å². The van der Waals surface area contributed by atoms with Gasteiger partial charge in [0.25, 0.3) is 0 Å². The second-order valence-electron chi connectivity index (χ2n) is 18.9. The molecule has 8 aliphatic rings. The van der Waals surface area contributed by atoms with Crippen molar-refractivity contribution in [3.05, 3.63) is 11.6 Å². The molecule has 306 valence electrons. The molecule has 8 rings (SSSR count). The maximum absolute atomic E-state index is 11.8. The van der Waals surface area contributed by atoms with Crippen LogP contribution < -0.4 is 0 Å². The van der Waals surface area contributed by atoms with Crippen LogP contribution in [0.4, 0.5) is 0 Å². The Morgan fingerprint density at radius 3 is 2.26 bits per heavy atom. The van der Waals surface area contributed by atoms with Crippen LogP contribution in [0.25, 0.3) is 0 Å². The van der Waals surface area contributed by atoms with Gasteiger partial charge in [0.2, 0.25) is 0 Å². The standard InChI is InChI=1S/C41H64O13/c1-18-10-13-41(48-17-18)19(2)30-28(54-41)16-27-25-9-8-23-14-24(43)15-29(40(23,7)26(25)11-12-39(27,30)6)52-38-36(33(46)31(44)20(3)50-38)53-37-34(47)35(51-22(5)42)32(45)21(4)49-37/h8,18-21,24-38,43-47H,9-17H2,1-7H3/t18-,19+,20-,21+,24-,25-,26+,27+,28+,29-,30+,31+,32+,33+,34-,35-,36-,37+,38+,39+,40+,41+/m1/s1. The van der Waals surface area contributed by atoms with E-state index in [0.717, 1.165) is 45.1 Å². The Morgan fingerprint density at radius 2 is 1.56 bits per heavy atom. The first-order chi connectivity index (χ1) is 25.5. The zero-order valence-corrected chi connectivity index (χ0v) is 32.9. The van der Waals surface area contributed by atoms with Crippen LogP contribution in [0.5, 0.6) is 0 Å². The van der Waals surface area contributed by atoms with Gasteiger partial charge in [-0.15, -0.1) is 0 Å². The molecule has 13 heteroatoms. The molecule has 7 fully saturated rings. The fraction of sp³-hybridized carbons (Fsp3) is 0.927. The third-order valence-electron chi connectivity index (χ3n) is 15.9. The van der Waals surface area contributed by atoms with Crippen molar-refractivity contribution in [2.45, 2.75) is 185 Å². The number of esters is 1. The Labute approximate surface area is 319 Å². The van der Waals surface area contributed by atoms with Gasteiger partial charge in [-0.25, -0.2) is 0 Å². The van der Waals surface area contributed by atoms with Gasteiger partial charge in [0.1, 0.15) is 30.5 Å². The first-order valence-electron chi connectivity index (χ1n) is 20.7. The second kappa shape index (κ2) is 14.2. The lowest BCUT2D eigenvalue weighted by Crippen LogP contribution is -2.65. The number of rotatable bonds is 5. The molecule has 0 aromatic carbocycles. The molecular formula is C41H64O13. The fourth-order valence-corrected chi connectivity index (χ4v) is 12.9. The lowest BCUT2D eigenvalue weighted by atomic mass is 9.46. The third-order valence-corrected chi connectivity index (χ3v) is 15.9. The normalized spacial score (nSPS) is 57.0. The predicted octanol–water partition coefficient (Wildman–Crippen LogP) is 2.96. The second-order valence-corrected chi connectivity index (χ2v) is 18.9. The van der Waals surface area contributed by atoms with Crippen molar-refractivity contribution in [3.63, 3.8) is 0 Å². The Hall–Kier alpha value is -1.23. The molecule has 5 N–H and O–H groups in total. The van der Waals surface area contributed by atoms with Crippen molar-refractivity contribution in [2.24, 2.45) is 46.3 Å². The Balaban J connectivity index is 1.05. The summed E-state index contributed by atoms with van der Waals surface area (Å²) in [6.45, 7) is 14.5. The molecule has 1 spiro atoms. The number of hydrogen-bond acceptors (Lipinski definition) is 13. The van der Waals surface area contributed by atoms with E-state index in [1.807, 2.05) is 0 Å². The van der Waals surface area contributed by atoms with Gasteiger partial charge in [-0.05, 0) is 87.4 Å². The molecule has 0 radical (unpaired) electrons. The molecule has 0 bridgehead atoms. The van der Waals surface area contributed by atoms with Gasteiger partial charge in [-0.1, -0.05) is 39.3 Å². The van der Waals surface area contributed by atoms with E-state index in [1.54, 1.807) is 13.8 Å². The number of carbonyl (C=O) groups is 1. The minimum absolute atomic E-state index is 0.115. The summed E-state index contributed by atoms with van der Waals surface area (Å²) in [7, 11) is 0. The van der Waals surface area contributed by atoms with Crippen molar-refractivity contribution in [1.82, 2.24) is 0 Å². The molecule has 4 aliphatic heterocycles. The van der Waals surface area contributed by atoms with Gasteiger partial charge in [0.15, 0.2) is 24.5 Å². The van der Waals surface area contributed by atoms with Gasteiger partial charge in [-0.3, -0.25) is 4.79 Å². The molecule has 0 unspecified atom stereocenters. The number of carbonyl (C=O) groups excluding carboxylic acids is 1. The van der Waals surface area contributed by atoms with E-state index < -0.39 is 90.8 Å². The number of fused-ring (bicyclic) bond motifs is 7. The summed E-state index contributed by atoms with van der Waals surface area (Å²) >= 11 is 0. The van der Waals surface area contributed by atoms with Gasteiger partial charge < -0.3 is 58.7 Å². The monoisotopic (exact) mass is 764 g/mol. The van der Waals surface area contributed by atoms with Crippen molar-refractivity contribution in [1.29, 1.82) is 0 Å². The molecule has 0 amide bonds. The highest BCUT2D eigenvalue weighted by atomic mass is 16.8. The Kier molecular flexibility index (Phi) is 10.4. The Morgan fingerprint density at radius 1 is 0.833 bits per heavy atom. The molecule has 4 heterocycles. The maximum Gasteiger partial charge on any atom is 0.303 e. The highest BCUT2D eigenvalue weighted by molar-refractivity contribution is 5.66. The van der Waals surface area contributed by atoms with E-state index >= 15 is 0 Å². The zero-order valence-electron chi connectivity index (χ0n) is 32.9. The van der Waals surface area contributed by atoms with Crippen LogP contribution in [0.1, 0.15) is 99.8 Å². The topological polar surface area (TPSA) is 183 Å². The first-order valence-corrected chi connectivity index (χ1v) is 20.7. The van der Waals surface area contributed by atoms with Crippen molar-refractivity contribution < 1.29 is 63.5 Å². The molecule has 13 nitrogen and oxygen atoms in total. The molecular weight excluding hydrogens is 700 g/mol. The van der Waals surface area contributed by atoms with E-state index in [9.17, 15) is 30.3 Å². The van der Waals surface area contributed by atoms with Crippen LogP contribution in [0, 0.1) is 46.3 Å². The SMILES string of the molecule is CC(=O)O[C@@H]1[C@@H](O)[C@H](C)O[C@@H](O[C@H]2[C@H](O[C@@H]3C[C@H](O)CC4=CC[C@H]5[C@@H]6C[C@@H]7O[C@@]8(CC[C@@H](C)CO8)[C@@H](C)[C@@H]7[C@@]6(C)CC[C@@H]5[C@]43C)O[C@H](C)[C@H](O)[C@@H]2O)[C@@H]1O. The minimum atomic E-state index is -1.61. The predicted molar refractivity (Wildman–Crippen MR) is 191 cm³/mol. The van der Waals surface area contributed by atoms with Crippen LogP contribution in [0.3, 0.4) is 0 Å². The maximum atomic E-state index is 11.8. The van der Waals surface area contributed by atoms with Crippen LogP contribution in [0.2, 0.25) is 0 Å². The van der Waals surface area contributed by atoms with Crippen LogP contribution in [0.15, 0.2) is 11.6 Å². The smallest absolute Gasteiger partial charge is 0.303 e. The number of aliphatic hydroxyl groups is 5. The number of aliphatic hydroxyl groups excluding tert-OH is 5. The summed E-state index contributed by atoms with van der Waals surface area (Å²) in [6.07, 6.45) is -4.40. The lowest BCUT2D eigenvalue weighted by Gasteiger charge is -2.60. The fourth-order valence-electron chi connectivity index (χ4n) is 12.9. The molecule has 0 aromatic rings. The largest absolute Gasteiger partial charge is 0.457 e. The van der Waals surface area contributed by atoms with Gasteiger partial charge in [0, 0.05) is 31.1 Å². The zero-order chi connectivity index (χ0) is 38.6. The van der Waals surface area contributed by atoms with Crippen molar-refractivity contribution >= 4 is 5.97 Å². The van der Waals surface area contributed by atoms with Gasteiger partial charge >= 0.3 is 5.97 Å². The van der Waals surface area contributed by atoms with E-state index in [0.29, 0.717) is 42.4 Å². The van der Waals surface area contributed by atoms with E-state index in [4.69, 9.17) is 33.2 Å². The molecule has 4 saturated heterocycles. The van der Waals surface area contributed by atoms with Crippen LogP contribution in [-0.2, 0) is 38.0 Å². The van der Waals surface area contributed by atoms with E-state index in [-0.39, 0.29) is 17.4 Å². The summed E-state index contributed by atoms with van der Waals surface area (Å²) < 4.78 is 43.9. The summed E-state index contributed by atoms with van der Waals surface area (Å²) in [4.78, 5) is 11.8. The summed E-state index contributed by atoms with van der Waals surface area (Å²) in [5.41, 5.74) is 0.849. The summed E-state index contributed by atoms with van der Waals surface area (Å²) in [5.74, 6) is 1.27. The quantitative estimate of drug-likeness (QED) is 0.204. The van der Waals surface area contributed by atoms with Crippen molar-refractivity contribution in [2.75, 3.05) is 6.61 Å². The minimum Gasteiger partial charge on any atom is -0.457 e. The molecule has 54 heavy (non-hydrogen) atoms. The number of allylic oxidation sites excluding steroid dienone is 1. The lowest BCUT2D eigenvalue weighted by molar-refractivity contribution is -0.371. The Bertz CT molecular complexity index is 1430. The first kappa shape index (κ1) is 39.6. The van der Waals surface area contributed by atoms with Crippen molar-refractivity contribution in [3.8, 4) is 0 Å². The molecule has 4 aliphatic carbocycles. The van der Waals surface area contributed by atoms with Crippen LogP contribution in [-0.4, -0.2) is 124 Å².